The predicted octanol–water partition coefficient (Wildman–Crippen LogP) is 3.16. The molecule has 0 aliphatic carbocycles. The molecule has 0 aliphatic rings. The summed E-state index contributed by atoms with van der Waals surface area (Å²) in [4.78, 5) is 7.86. The van der Waals surface area contributed by atoms with E-state index in [2.05, 4.69) is 48.2 Å². The van der Waals surface area contributed by atoms with Gasteiger partial charge in [-0.05, 0) is 54.1 Å². The highest BCUT2D eigenvalue weighted by molar-refractivity contribution is 14.0. The summed E-state index contributed by atoms with van der Waals surface area (Å²) in [6, 6.07) is 1.04. The molecule has 0 saturated carbocycles. The molecular weight excluding hydrogens is 458 g/mol. The summed E-state index contributed by atoms with van der Waals surface area (Å²) in [6.07, 6.45) is -2.51. The fraction of sp³-hybridized carbons (Fsp3) is 0.941. The maximum absolute atomic E-state index is 12.2. The summed E-state index contributed by atoms with van der Waals surface area (Å²) in [5.74, 6) is 0.694. The molecule has 0 saturated heterocycles. The molecule has 0 aliphatic heterocycles. The molecule has 0 atom stereocenters. The largest absolute Gasteiger partial charge is 0.401 e. The van der Waals surface area contributed by atoms with Gasteiger partial charge in [-0.15, -0.1) is 24.0 Å². The molecule has 9 heteroatoms. The number of hydrogen-bond donors (Lipinski definition) is 2. The molecule has 0 amide bonds. The molecule has 0 aromatic carbocycles. The molecular formula is C17H37F3IN5. The number of guanidine groups is 1. The van der Waals surface area contributed by atoms with Crippen LogP contribution in [-0.2, 0) is 0 Å². The van der Waals surface area contributed by atoms with Gasteiger partial charge in [-0.1, -0.05) is 0 Å². The van der Waals surface area contributed by atoms with Crippen molar-refractivity contribution in [1.29, 1.82) is 0 Å². The molecule has 0 fully saturated rings. The molecule has 0 rings (SSSR count). The number of rotatable bonds is 11. The lowest BCUT2D eigenvalue weighted by atomic mass is 10.2. The Balaban J connectivity index is 0. The first-order chi connectivity index (χ1) is 11.6. The number of halogens is 4. The Morgan fingerprint density at radius 2 is 1.42 bits per heavy atom. The SMILES string of the molecule is CN=C(NCCCN(C)CC(F)(F)F)NCCCN(C(C)C)C(C)C.I. The lowest BCUT2D eigenvalue weighted by Crippen LogP contribution is -2.42. The van der Waals surface area contributed by atoms with Crippen molar-refractivity contribution in [2.75, 3.05) is 46.8 Å². The first-order valence-corrected chi connectivity index (χ1v) is 9.02. The molecule has 5 nitrogen and oxygen atoms in total. The van der Waals surface area contributed by atoms with Crippen LogP contribution in [0.1, 0.15) is 40.5 Å². The third-order valence-corrected chi connectivity index (χ3v) is 3.89. The van der Waals surface area contributed by atoms with Crippen LogP contribution in [0.5, 0.6) is 0 Å². The van der Waals surface area contributed by atoms with Crippen LogP contribution in [0.4, 0.5) is 13.2 Å². The normalized spacial score (nSPS) is 12.9. The van der Waals surface area contributed by atoms with Crippen molar-refractivity contribution in [1.82, 2.24) is 20.4 Å². The van der Waals surface area contributed by atoms with Crippen LogP contribution in [0.15, 0.2) is 4.99 Å². The standard InChI is InChI=1S/C17H36F3N5.HI/c1-14(2)25(15(3)4)12-8-10-23-16(21-5)22-9-7-11-24(6)13-17(18,19)20;/h14-15H,7-13H2,1-6H3,(H2,21,22,23);1H. The molecule has 0 aromatic heterocycles. The molecule has 0 heterocycles. The highest BCUT2D eigenvalue weighted by Gasteiger charge is 2.28. The molecule has 0 aromatic rings. The predicted molar refractivity (Wildman–Crippen MR) is 115 cm³/mol. The van der Waals surface area contributed by atoms with Gasteiger partial charge in [0.25, 0.3) is 0 Å². The molecule has 2 N–H and O–H groups in total. The average molecular weight is 495 g/mol. The highest BCUT2D eigenvalue weighted by atomic mass is 127. The summed E-state index contributed by atoms with van der Waals surface area (Å²) in [5.41, 5.74) is 0. The van der Waals surface area contributed by atoms with E-state index in [1.54, 1.807) is 7.05 Å². The van der Waals surface area contributed by atoms with E-state index < -0.39 is 12.7 Å². The third kappa shape index (κ3) is 14.8. The zero-order valence-electron chi connectivity index (χ0n) is 17.0. The summed E-state index contributed by atoms with van der Waals surface area (Å²) < 4.78 is 36.7. The number of hydrogen-bond acceptors (Lipinski definition) is 3. The first-order valence-electron chi connectivity index (χ1n) is 9.02. The lowest BCUT2D eigenvalue weighted by molar-refractivity contribution is -0.143. The topological polar surface area (TPSA) is 42.9 Å². The molecule has 0 unspecified atom stereocenters. The van der Waals surface area contributed by atoms with Crippen LogP contribution in [0.3, 0.4) is 0 Å². The fourth-order valence-electron chi connectivity index (χ4n) is 2.74. The quantitative estimate of drug-likeness (QED) is 0.200. The number of alkyl halides is 3. The van der Waals surface area contributed by atoms with E-state index in [0.29, 0.717) is 37.6 Å². The van der Waals surface area contributed by atoms with Gasteiger partial charge < -0.3 is 10.6 Å². The molecule has 0 spiro atoms. The van der Waals surface area contributed by atoms with E-state index in [9.17, 15) is 13.2 Å². The Kier molecular flexibility index (Phi) is 15.8. The Morgan fingerprint density at radius 3 is 1.81 bits per heavy atom. The van der Waals surface area contributed by atoms with Gasteiger partial charge in [0.1, 0.15) is 0 Å². The maximum Gasteiger partial charge on any atom is 0.401 e. The van der Waals surface area contributed by atoms with Crippen LogP contribution < -0.4 is 10.6 Å². The van der Waals surface area contributed by atoms with Crippen LogP contribution in [0, 0.1) is 0 Å². The van der Waals surface area contributed by atoms with Crippen molar-refractivity contribution in [3.8, 4) is 0 Å². The van der Waals surface area contributed by atoms with Crippen LogP contribution in [-0.4, -0.2) is 80.8 Å². The summed E-state index contributed by atoms with van der Waals surface area (Å²) in [6.45, 7) is 10.7. The lowest BCUT2D eigenvalue weighted by Gasteiger charge is -2.30. The summed E-state index contributed by atoms with van der Waals surface area (Å²) in [7, 11) is 3.18. The Morgan fingerprint density at radius 1 is 0.962 bits per heavy atom. The van der Waals surface area contributed by atoms with Gasteiger partial charge in [0.15, 0.2) is 5.96 Å². The van der Waals surface area contributed by atoms with Crippen LogP contribution >= 0.6 is 24.0 Å². The Hall–Kier alpha value is -0.290. The zero-order valence-corrected chi connectivity index (χ0v) is 19.3. The minimum Gasteiger partial charge on any atom is -0.356 e. The van der Waals surface area contributed by atoms with Crippen molar-refractivity contribution in [3.63, 3.8) is 0 Å². The fourth-order valence-corrected chi connectivity index (χ4v) is 2.74. The van der Waals surface area contributed by atoms with Gasteiger partial charge in [0, 0.05) is 38.8 Å². The number of nitrogens with zero attached hydrogens (tertiary/aromatic N) is 3. The van der Waals surface area contributed by atoms with Crippen molar-refractivity contribution in [2.45, 2.75) is 58.8 Å². The van der Waals surface area contributed by atoms with Crippen molar-refractivity contribution >= 4 is 29.9 Å². The van der Waals surface area contributed by atoms with E-state index in [4.69, 9.17) is 0 Å². The van der Waals surface area contributed by atoms with Crippen LogP contribution in [0.2, 0.25) is 0 Å². The summed E-state index contributed by atoms with van der Waals surface area (Å²) in [5, 5.41) is 6.39. The Labute approximate surface area is 174 Å². The second kappa shape index (κ2) is 14.7. The minimum absolute atomic E-state index is 0. The smallest absolute Gasteiger partial charge is 0.356 e. The second-order valence-corrected chi connectivity index (χ2v) is 6.91. The molecule has 0 radical (unpaired) electrons. The van der Waals surface area contributed by atoms with Gasteiger partial charge >= 0.3 is 6.18 Å². The van der Waals surface area contributed by atoms with E-state index in [1.165, 1.54) is 11.9 Å². The average Bonchev–Trinajstić information content (AvgIpc) is 2.46. The van der Waals surface area contributed by atoms with Crippen molar-refractivity contribution in [3.05, 3.63) is 0 Å². The van der Waals surface area contributed by atoms with Gasteiger partial charge in [-0.3, -0.25) is 14.8 Å². The molecule has 158 valence electrons. The second-order valence-electron chi connectivity index (χ2n) is 6.91. The third-order valence-electron chi connectivity index (χ3n) is 3.89. The number of aliphatic imine (C=N–C) groups is 1. The monoisotopic (exact) mass is 495 g/mol. The van der Waals surface area contributed by atoms with Crippen LogP contribution in [0.25, 0.3) is 0 Å². The minimum atomic E-state index is -4.14. The van der Waals surface area contributed by atoms with Gasteiger partial charge in [-0.25, -0.2) is 0 Å². The van der Waals surface area contributed by atoms with Crippen molar-refractivity contribution in [2.24, 2.45) is 4.99 Å². The molecule has 0 bridgehead atoms. The van der Waals surface area contributed by atoms with E-state index in [1.807, 2.05) is 0 Å². The maximum atomic E-state index is 12.2. The Bertz CT molecular complexity index is 368. The number of nitrogens with one attached hydrogen (secondary N) is 2. The molecule has 26 heavy (non-hydrogen) atoms. The van der Waals surface area contributed by atoms with Gasteiger partial charge in [-0.2, -0.15) is 13.2 Å². The zero-order chi connectivity index (χ0) is 19.5. The van der Waals surface area contributed by atoms with E-state index >= 15 is 0 Å². The van der Waals surface area contributed by atoms with E-state index in [0.717, 1.165) is 19.5 Å². The van der Waals surface area contributed by atoms with E-state index in [-0.39, 0.29) is 24.0 Å². The first kappa shape index (κ1) is 27.9. The van der Waals surface area contributed by atoms with Gasteiger partial charge in [0.2, 0.25) is 0 Å². The summed E-state index contributed by atoms with van der Waals surface area (Å²) >= 11 is 0. The highest BCUT2D eigenvalue weighted by Crippen LogP contribution is 2.15. The van der Waals surface area contributed by atoms with Gasteiger partial charge in [0.05, 0.1) is 6.54 Å². The van der Waals surface area contributed by atoms with Crippen molar-refractivity contribution < 1.29 is 13.2 Å².